The molecule has 3 rings (SSSR count). The topological polar surface area (TPSA) is 69.1 Å². The molecule has 23 heavy (non-hydrogen) atoms. The molecule has 5 nitrogen and oxygen atoms in total. The number of rotatable bonds is 3. The van der Waals surface area contributed by atoms with Gasteiger partial charge in [0.15, 0.2) is 17.5 Å². The summed E-state index contributed by atoms with van der Waals surface area (Å²) in [6.07, 6.45) is 1.56. The number of nitrogens with two attached hydrogens (primary N) is 1. The number of hydrogen-bond acceptors (Lipinski definition) is 4. The lowest BCUT2D eigenvalue weighted by atomic mass is 10.1. The van der Waals surface area contributed by atoms with Crippen molar-refractivity contribution in [3.8, 4) is 11.1 Å². The third kappa shape index (κ3) is 2.52. The van der Waals surface area contributed by atoms with Gasteiger partial charge in [-0.1, -0.05) is 12.2 Å². The number of nitrogen functional groups attached to an aromatic ring is 1. The Balaban J connectivity index is 2.22. The summed E-state index contributed by atoms with van der Waals surface area (Å²) in [5.41, 5.74) is 6.07. The summed E-state index contributed by atoms with van der Waals surface area (Å²) < 4.78 is 42.4. The quantitative estimate of drug-likeness (QED) is 0.595. The van der Waals surface area contributed by atoms with Gasteiger partial charge < -0.3 is 5.73 Å². The molecule has 2 heterocycles. The van der Waals surface area contributed by atoms with Gasteiger partial charge in [-0.2, -0.15) is 9.50 Å². The number of fused-ring (bicyclic) bond motifs is 1. The molecule has 1 aromatic carbocycles. The number of nitrogens with zero attached hydrogens (tertiary/aromatic N) is 4. The maximum atomic E-state index is 14.0. The average Bonchev–Trinajstić information content (AvgIpc) is 2.88. The van der Waals surface area contributed by atoms with E-state index in [0.717, 1.165) is 22.4 Å². The van der Waals surface area contributed by atoms with E-state index in [2.05, 4.69) is 21.6 Å². The van der Waals surface area contributed by atoms with Gasteiger partial charge in [0.1, 0.15) is 11.6 Å². The summed E-state index contributed by atoms with van der Waals surface area (Å²) >= 11 is 0. The third-order valence-electron chi connectivity index (χ3n) is 3.22. The first-order chi connectivity index (χ1) is 10.9. The van der Waals surface area contributed by atoms with Gasteiger partial charge in [0.25, 0.3) is 5.78 Å². The number of halogens is 3. The molecular formula is C15H12F3N5. The van der Waals surface area contributed by atoms with Gasteiger partial charge in [0.2, 0.25) is 0 Å². The van der Waals surface area contributed by atoms with Crippen LogP contribution in [-0.2, 0) is 6.42 Å². The number of benzene rings is 1. The van der Waals surface area contributed by atoms with Crippen molar-refractivity contribution in [2.24, 2.45) is 0 Å². The third-order valence-corrected chi connectivity index (χ3v) is 3.22. The Morgan fingerprint density at radius 1 is 1.26 bits per heavy atom. The normalized spacial score (nSPS) is 11.1. The highest BCUT2D eigenvalue weighted by Gasteiger charge is 2.20. The molecule has 0 amide bonds. The highest BCUT2D eigenvalue weighted by atomic mass is 19.2. The number of anilines is 1. The van der Waals surface area contributed by atoms with Crippen LogP contribution >= 0.6 is 0 Å². The van der Waals surface area contributed by atoms with Gasteiger partial charge in [0.05, 0.1) is 5.56 Å². The van der Waals surface area contributed by atoms with E-state index in [1.54, 1.807) is 0 Å². The second-order valence-electron chi connectivity index (χ2n) is 5.15. The van der Waals surface area contributed by atoms with Gasteiger partial charge >= 0.3 is 0 Å². The molecule has 0 aliphatic carbocycles. The minimum Gasteiger partial charge on any atom is -0.383 e. The largest absolute Gasteiger partial charge is 0.383 e. The van der Waals surface area contributed by atoms with Crippen molar-refractivity contribution >= 4 is 11.6 Å². The van der Waals surface area contributed by atoms with Crippen molar-refractivity contribution in [1.29, 1.82) is 0 Å². The van der Waals surface area contributed by atoms with E-state index in [4.69, 9.17) is 5.73 Å². The van der Waals surface area contributed by atoms with Gasteiger partial charge in [-0.3, -0.25) is 0 Å². The zero-order valence-corrected chi connectivity index (χ0v) is 12.1. The van der Waals surface area contributed by atoms with Crippen molar-refractivity contribution in [3.63, 3.8) is 0 Å². The molecule has 8 heteroatoms. The van der Waals surface area contributed by atoms with Crippen LogP contribution in [0.2, 0.25) is 0 Å². The summed E-state index contributed by atoms with van der Waals surface area (Å²) in [7, 11) is 0. The van der Waals surface area contributed by atoms with Gasteiger partial charge in [-0.05, 0) is 19.1 Å². The van der Waals surface area contributed by atoms with Crippen molar-refractivity contribution in [2.45, 2.75) is 13.3 Å². The second kappa shape index (κ2) is 5.38. The second-order valence-corrected chi connectivity index (χ2v) is 5.15. The minimum absolute atomic E-state index is 0.0844. The summed E-state index contributed by atoms with van der Waals surface area (Å²) in [6, 6.07) is 1.53. The lowest BCUT2D eigenvalue weighted by Gasteiger charge is -2.09. The lowest BCUT2D eigenvalue weighted by molar-refractivity contribution is 0.499. The number of allylic oxidation sites excluding steroid dienone is 1. The molecule has 0 fully saturated rings. The molecule has 0 bridgehead atoms. The van der Waals surface area contributed by atoms with E-state index in [1.807, 2.05) is 6.92 Å². The first-order valence-corrected chi connectivity index (χ1v) is 6.67. The van der Waals surface area contributed by atoms with E-state index >= 15 is 0 Å². The molecular weight excluding hydrogens is 307 g/mol. The van der Waals surface area contributed by atoms with Crippen LogP contribution in [0.5, 0.6) is 0 Å². The van der Waals surface area contributed by atoms with Crippen LogP contribution in [0.1, 0.15) is 12.7 Å². The Morgan fingerprint density at radius 2 is 1.96 bits per heavy atom. The Bertz CT molecular complexity index is 932. The smallest absolute Gasteiger partial charge is 0.254 e. The van der Waals surface area contributed by atoms with Gasteiger partial charge in [-0.15, -0.1) is 5.10 Å². The van der Waals surface area contributed by atoms with Crippen LogP contribution < -0.4 is 5.73 Å². The molecule has 0 spiro atoms. The average molecular weight is 319 g/mol. The molecule has 2 N–H and O–H groups in total. The van der Waals surface area contributed by atoms with Crippen molar-refractivity contribution < 1.29 is 13.2 Å². The molecule has 0 radical (unpaired) electrons. The van der Waals surface area contributed by atoms with Crippen molar-refractivity contribution in [1.82, 2.24) is 19.6 Å². The molecule has 0 aliphatic heterocycles. The summed E-state index contributed by atoms with van der Waals surface area (Å²) in [6.45, 7) is 5.57. The Kier molecular flexibility index (Phi) is 3.51. The van der Waals surface area contributed by atoms with E-state index in [1.165, 1.54) is 0 Å². The molecule has 0 saturated carbocycles. The first-order valence-electron chi connectivity index (χ1n) is 6.67. The lowest BCUT2D eigenvalue weighted by Crippen LogP contribution is -2.05. The van der Waals surface area contributed by atoms with Crippen LogP contribution in [0.15, 0.2) is 30.5 Å². The van der Waals surface area contributed by atoms with Crippen LogP contribution in [0, 0.1) is 17.5 Å². The highest BCUT2D eigenvalue weighted by molar-refractivity contribution is 5.75. The van der Waals surface area contributed by atoms with E-state index in [0.29, 0.717) is 18.3 Å². The van der Waals surface area contributed by atoms with Crippen LogP contribution in [0.25, 0.3) is 16.9 Å². The Morgan fingerprint density at radius 3 is 2.65 bits per heavy atom. The Hall–Kier alpha value is -2.90. The minimum atomic E-state index is -1.33. The molecule has 0 unspecified atom stereocenters. The summed E-state index contributed by atoms with van der Waals surface area (Å²) in [5.74, 6) is -2.94. The zero-order chi connectivity index (χ0) is 16.7. The number of hydrogen-bond donors (Lipinski definition) is 1. The predicted octanol–water partition coefficient (Wildman–Crippen LogP) is 2.91. The maximum absolute atomic E-state index is 14.0. The van der Waals surface area contributed by atoms with Crippen LogP contribution in [0.4, 0.5) is 19.0 Å². The Labute approximate surface area is 129 Å². The molecule has 0 aliphatic rings. The molecule has 0 saturated heterocycles. The first kappa shape index (κ1) is 15.0. The SMILES string of the molecule is C=C(C)Cc1nc2ncc(-c3c(F)ccc(F)c3F)c(N)n2n1. The summed E-state index contributed by atoms with van der Waals surface area (Å²) in [5, 5.41) is 4.14. The molecule has 2 aromatic heterocycles. The number of aromatic nitrogens is 4. The summed E-state index contributed by atoms with van der Waals surface area (Å²) in [4.78, 5) is 8.13. The van der Waals surface area contributed by atoms with Crippen LogP contribution in [-0.4, -0.2) is 19.6 Å². The predicted molar refractivity (Wildman–Crippen MR) is 79.0 cm³/mol. The maximum Gasteiger partial charge on any atom is 0.254 e. The van der Waals surface area contributed by atoms with Crippen molar-refractivity contribution in [2.75, 3.05) is 5.73 Å². The monoisotopic (exact) mass is 319 g/mol. The molecule has 118 valence electrons. The van der Waals surface area contributed by atoms with E-state index in [-0.39, 0.29) is 17.2 Å². The zero-order valence-electron chi connectivity index (χ0n) is 12.1. The fourth-order valence-corrected chi connectivity index (χ4v) is 2.20. The van der Waals surface area contributed by atoms with E-state index < -0.39 is 23.0 Å². The highest BCUT2D eigenvalue weighted by Crippen LogP contribution is 2.31. The van der Waals surface area contributed by atoms with Crippen molar-refractivity contribution in [3.05, 3.63) is 53.8 Å². The molecule has 3 aromatic rings. The standard InChI is InChI=1S/C15H12F3N5/c1-7(2)5-11-21-15-20-6-8(14(19)23(15)22-11)12-9(16)3-4-10(17)13(12)18/h3-4,6H,1,5,19H2,2H3. The fourth-order valence-electron chi connectivity index (χ4n) is 2.20. The van der Waals surface area contributed by atoms with Crippen LogP contribution in [0.3, 0.4) is 0 Å². The fraction of sp³-hybridized carbons (Fsp3) is 0.133. The van der Waals surface area contributed by atoms with E-state index in [9.17, 15) is 13.2 Å². The van der Waals surface area contributed by atoms with Gasteiger partial charge in [-0.25, -0.2) is 18.2 Å². The van der Waals surface area contributed by atoms with Gasteiger partial charge in [0, 0.05) is 18.2 Å². The molecule has 0 atom stereocenters.